The fourth-order valence-electron chi connectivity index (χ4n) is 6.52. The zero-order valence-corrected chi connectivity index (χ0v) is 23.7. The summed E-state index contributed by atoms with van der Waals surface area (Å²) in [6, 6.07) is 12.7. The van der Waals surface area contributed by atoms with Crippen LogP contribution in [0.5, 0.6) is 0 Å². The lowest BCUT2D eigenvalue weighted by atomic mass is 9.66. The number of likely N-dealkylation sites (tertiary alicyclic amines) is 1. The maximum absolute atomic E-state index is 16.2. The molecule has 0 unspecified atom stereocenters. The minimum Gasteiger partial charge on any atom is -0.386 e. The highest BCUT2D eigenvalue weighted by atomic mass is 19.1. The van der Waals surface area contributed by atoms with Gasteiger partial charge in [-0.05, 0) is 43.2 Å². The number of piperidine rings is 1. The number of halogens is 1. The van der Waals surface area contributed by atoms with Crippen LogP contribution in [-0.2, 0) is 16.9 Å². The summed E-state index contributed by atoms with van der Waals surface area (Å²) < 4.78 is 16.2. The van der Waals surface area contributed by atoms with Gasteiger partial charge in [0.15, 0.2) is 0 Å². The average Bonchev–Trinajstić information content (AvgIpc) is 2.90. The molecule has 4 heterocycles. The fourth-order valence-corrected chi connectivity index (χ4v) is 6.52. The Bertz CT molecular complexity index is 1520. The van der Waals surface area contributed by atoms with E-state index in [0.717, 1.165) is 11.3 Å². The highest BCUT2D eigenvalue weighted by Crippen LogP contribution is 2.48. The lowest BCUT2D eigenvalue weighted by Gasteiger charge is -2.50. The van der Waals surface area contributed by atoms with Crippen molar-refractivity contribution in [1.29, 1.82) is 0 Å². The van der Waals surface area contributed by atoms with Gasteiger partial charge in [0, 0.05) is 67.7 Å². The molecule has 3 fully saturated rings. The summed E-state index contributed by atoms with van der Waals surface area (Å²) in [7, 11) is 0. The Morgan fingerprint density at radius 2 is 1.71 bits per heavy atom. The van der Waals surface area contributed by atoms with Gasteiger partial charge < -0.3 is 15.1 Å². The van der Waals surface area contributed by atoms with Gasteiger partial charge in [-0.3, -0.25) is 24.9 Å². The van der Waals surface area contributed by atoms with Crippen molar-refractivity contribution in [3.8, 4) is 0 Å². The van der Waals surface area contributed by atoms with Crippen LogP contribution in [0.4, 0.5) is 20.6 Å². The number of benzene rings is 2. The number of β-amino-alcohol motifs (C(OH)–C–C–N with tert-alkyl or cyclic N) is 1. The second kappa shape index (κ2) is 9.75. The number of carbonyl (C=O) groups is 2. The molecule has 3 amide bonds. The first kappa shape index (κ1) is 27.6. The lowest BCUT2D eigenvalue weighted by Crippen LogP contribution is -2.60. The van der Waals surface area contributed by atoms with Crippen molar-refractivity contribution in [2.45, 2.75) is 51.4 Å². The SMILES string of the molecule is CC1(O)CN(c2ccc(CN3CC[C@](O)(c4ccc5ncc(N6CCC(=O)NC6=O)cc5c4F)C(C)(C)C3)cc2)C1. The number of nitrogens with zero attached hydrogens (tertiary/aromatic N) is 4. The molecule has 9 nitrogen and oxygen atoms in total. The Labute approximate surface area is 238 Å². The van der Waals surface area contributed by atoms with Crippen molar-refractivity contribution in [1.82, 2.24) is 15.2 Å². The molecule has 3 N–H and O–H groups in total. The van der Waals surface area contributed by atoms with Crippen molar-refractivity contribution in [2.24, 2.45) is 5.41 Å². The molecule has 3 aliphatic rings. The number of anilines is 2. The number of hydrogen-bond donors (Lipinski definition) is 3. The number of hydrogen-bond acceptors (Lipinski definition) is 7. The predicted molar refractivity (Wildman–Crippen MR) is 154 cm³/mol. The van der Waals surface area contributed by atoms with Crippen molar-refractivity contribution in [3.63, 3.8) is 0 Å². The van der Waals surface area contributed by atoms with Crippen LogP contribution >= 0.6 is 0 Å². The van der Waals surface area contributed by atoms with E-state index in [9.17, 15) is 19.8 Å². The minimum atomic E-state index is -1.41. The molecule has 0 bridgehead atoms. The topological polar surface area (TPSA) is 109 Å². The first-order valence-corrected chi connectivity index (χ1v) is 14.1. The van der Waals surface area contributed by atoms with E-state index in [0.29, 0.717) is 50.3 Å². The van der Waals surface area contributed by atoms with Gasteiger partial charge in [0.1, 0.15) is 5.82 Å². The van der Waals surface area contributed by atoms with Crippen LogP contribution in [0.15, 0.2) is 48.7 Å². The molecule has 216 valence electrons. The molecule has 0 spiro atoms. The molecule has 41 heavy (non-hydrogen) atoms. The zero-order valence-electron chi connectivity index (χ0n) is 23.7. The Morgan fingerprint density at radius 1 is 0.976 bits per heavy atom. The number of carbonyl (C=O) groups excluding carboxylic acids is 2. The number of fused-ring (bicyclic) bond motifs is 1. The van der Waals surface area contributed by atoms with Crippen LogP contribution < -0.4 is 15.1 Å². The maximum Gasteiger partial charge on any atom is 0.328 e. The number of pyridine rings is 1. The molecule has 10 heteroatoms. The molecule has 1 atom stereocenters. The summed E-state index contributed by atoms with van der Waals surface area (Å²) in [5.41, 5.74) is 0.587. The first-order valence-electron chi connectivity index (χ1n) is 14.1. The third-order valence-electron chi connectivity index (χ3n) is 8.90. The summed E-state index contributed by atoms with van der Waals surface area (Å²) in [5.74, 6) is -0.891. The number of nitrogens with one attached hydrogen (secondary N) is 1. The van der Waals surface area contributed by atoms with E-state index in [1.54, 1.807) is 18.2 Å². The Morgan fingerprint density at radius 3 is 2.37 bits per heavy atom. The molecule has 3 aliphatic heterocycles. The van der Waals surface area contributed by atoms with Crippen molar-refractivity contribution < 1.29 is 24.2 Å². The number of aromatic nitrogens is 1. The fraction of sp³-hybridized carbons (Fsp3) is 0.452. The van der Waals surface area contributed by atoms with Gasteiger partial charge in [-0.25, -0.2) is 9.18 Å². The Kier molecular flexibility index (Phi) is 6.55. The smallest absolute Gasteiger partial charge is 0.328 e. The summed E-state index contributed by atoms with van der Waals surface area (Å²) >= 11 is 0. The minimum absolute atomic E-state index is 0.155. The van der Waals surface area contributed by atoms with E-state index in [-0.39, 0.29) is 29.8 Å². The first-order chi connectivity index (χ1) is 19.3. The Balaban J connectivity index is 1.20. The summed E-state index contributed by atoms with van der Waals surface area (Å²) in [5, 5.41) is 24.6. The van der Waals surface area contributed by atoms with Gasteiger partial charge >= 0.3 is 6.03 Å². The van der Waals surface area contributed by atoms with E-state index in [2.05, 4.69) is 44.4 Å². The molecule has 1 aromatic heterocycles. The number of amides is 3. The van der Waals surface area contributed by atoms with Gasteiger partial charge in [0.2, 0.25) is 5.91 Å². The molecule has 6 rings (SSSR count). The third kappa shape index (κ3) is 4.94. The summed E-state index contributed by atoms with van der Waals surface area (Å²) in [6.45, 7) is 9.09. The molecular formula is C31H36FN5O4. The number of urea groups is 1. The number of imide groups is 1. The lowest BCUT2D eigenvalue weighted by molar-refractivity contribution is -0.128. The van der Waals surface area contributed by atoms with E-state index in [4.69, 9.17) is 0 Å². The van der Waals surface area contributed by atoms with Crippen LogP contribution in [0, 0.1) is 11.2 Å². The summed E-state index contributed by atoms with van der Waals surface area (Å²) in [4.78, 5) is 34.1. The maximum atomic E-state index is 16.2. The third-order valence-corrected chi connectivity index (χ3v) is 8.90. The van der Waals surface area contributed by atoms with Crippen LogP contribution in [0.3, 0.4) is 0 Å². The van der Waals surface area contributed by atoms with Crippen LogP contribution in [0.25, 0.3) is 10.9 Å². The molecule has 0 radical (unpaired) electrons. The molecule has 2 aromatic carbocycles. The average molecular weight is 562 g/mol. The second-order valence-electron chi connectivity index (χ2n) is 12.7. The largest absolute Gasteiger partial charge is 0.386 e. The number of aliphatic hydroxyl groups is 2. The van der Waals surface area contributed by atoms with Crippen molar-refractivity contribution >= 4 is 34.2 Å². The summed E-state index contributed by atoms with van der Waals surface area (Å²) in [6.07, 6.45) is 2.00. The van der Waals surface area contributed by atoms with Crippen LogP contribution in [0.2, 0.25) is 0 Å². The highest BCUT2D eigenvalue weighted by molar-refractivity contribution is 6.06. The molecule has 0 saturated carbocycles. The Hall–Kier alpha value is -3.60. The van der Waals surface area contributed by atoms with Crippen LogP contribution in [-0.4, -0.2) is 70.4 Å². The standard InChI is InChI=1S/C31H36FN5O4/c1-29(2)17-35(16-20-4-6-21(7-5-20)36-18-30(3,40)19-36)13-11-31(29,41)24-8-9-25-23(27(24)32)14-22(15-33-25)37-12-10-26(38)34-28(37)39/h4-9,14-15,40-41H,10-13,16-19H2,1-3H3,(H,34,38,39)/t31-/m0/s1. The van der Waals surface area contributed by atoms with E-state index in [1.165, 1.54) is 11.1 Å². The van der Waals surface area contributed by atoms with Gasteiger partial charge in [-0.2, -0.15) is 0 Å². The molecule has 0 aliphatic carbocycles. The van der Waals surface area contributed by atoms with E-state index < -0.39 is 28.5 Å². The van der Waals surface area contributed by atoms with Crippen molar-refractivity contribution in [2.75, 3.05) is 42.5 Å². The monoisotopic (exact) mass is 561 g/mol. The van der Waals surface area contributed by atoms with Crippen molar-refractivity contribution in [3.05, 3.63) is 65.6 Å². The van der Waals surface area contributed by atoms with Gasteiger partial charge in [-0.15, -0.1) is 0 Å². The van der Waals surface area contributed by atoms with Crippen LogP contribution in [0.1, 0.15) is 44.7 Å². The second-order valence-corrected chi connectivity index (χ2v) is 12.7. The molecule has 3 saturated heterocycles. The van der Waals surface area contributed by atoms with E-state index in [1.807, 2.05) is 20.8 Å². The quantitative estimate of drug-likeness (QED) is 0.438. The van der Waals surface area contributed by atoms with Gasteiger partial charge in [-0.1, -0.05) is 32.0 Å². The molecule has 3 aromatic rings. The number of rotatable bonds is 5. The normalized spacial score (nSPS) is 24.3. The zero-order chi connectivity index (χ0) is 29.2. The highest BCUT2D eigenvalue weighted by Gasteiger charge is 2.50. The van der Waals surface area contributed by atoms with Gasteiger partial charge in [0.05, 0.1) is 28.6 Å². The molecular weight excluding hydrogens is 525 g/mol. The predicted octanol–water partition coefficient (Wildman–Crippen LogP) is 3.51. The van der Waals surface area contributed by atoms with E-state index >= 15 is 4.39 Å². The van der Waals surface area contributed by atoms with Gasteiger partial charge in [0.25, 0.3) is 0 Å².